The number of aliphatic hydroxyl groups excluding tert-OH is 15. The Balaban J connectivity index is 1.18. The average Bonchev–Trinajstić information content (AvgIpc) is 0.767. The van der Waals surface area contributed by atoms with Gasteiger partial charge in [-0.2, -0.15) is 0 Å². The predicted octanol–water partition coefficient (Wildman–Crippen LogP) is 1.87. The van der Waals surface area contributed by atoms with Crippen molar-refractivity contribution in [2.24, 2.45) is 0 Å². The highest BCUT2D eigenvalue weighted by Crippen LogP contribution is 2.37. The topological polar surface area (TPSA) is 483 Å². The minimum Gasteiger partial charge on any atom is -0.394 e. The van der Waals surface area contributed by atoms with E-state index in [2.05, 4.69) is 41.9 Å². The van der Waals surface area contributed by atoms with Crippen LogP contribution in [0.3, 0.4) is 0 Å². The summed E-state index contributed by atoms with van der Waals surface area (Å²) in [4.78, 5) is 38.7. The third-order valence-corrected chi connectivity index (χ3v) is 20.8. The van der Waals surface area contributed by atoms with Gasteiger partial charge in [-0.25, -0.2) is 0 Å². The van der Waals surface area contributed by atoms with Crippen LogP contribution in [0.15, 0.2) is 24.3 Å². The molecule has 0 aromatic carbocycles. The van der Waals surface area contributed by atoms with Gasteiger partial charge in [-0.1, -0.05) is 192 Å². The number of aliphatic hydroxyl groups is 15. The predicted molar refractivity (Wildman–Crippen MR) is 389 cm³/mol. The summed E-state index contributed by atoms with van der Waals surface area (Å²) in [6.07, 6.45) is 0.182. The van der Waals surface area contributed by atoms with Crippen LogP contribution in [0.5, 0.6) is 0 Å². The molecule has 31 heteroatoms. The molecule has 5 saturated heterocycles. The lowest BCUT2D eigenvalue weighted by Crippen LogP contribution is -2.70. The van der Waals surface area contributed by atoms with Gasteiger partial charge in [-0.15, -0.1) is 0 Å². The Bertz CT molecular complexity index is 2430. The molecule has 5 aliphatic rings. The molecule has 31 nitrogen and oxygen atoms in total. The second kappa shape index (κ2) is 53.1. The average molecular weight is 1540 g/mol. The Kier molecular flexibility index (Phi) is 46.8. The quantitative estimate of drug-likeness (QED) is 0.0305. The molecule has 0 bridgehead atoms. The van der Waals surface area contributed by atoms with Crippen LogP contribution in [0, 0.1) is 0 Å². The van der Waals surface area contributed by atoms with E-state index in [1.165, 1.54) is 128 Å². The molecule has 624 valence electrons. The molecule has 107 heavy (non-hydrogen) atoms. The third kappa shape index (κ3) is 31.7. The highest BCUT2D eigenvalue weighted by Gasteiger charge is 2.57. The fraction of sp³-hybridized carbons (Fsp3) is 0.908. The van der Waals surface area contributed by atoms with Crippen LogP contribution in [-0.2, 0) is 61.8 Å². The highest BCUT2D eigenvalue weighted by atomic mass is 16.8. The molecule has 0 aliphatic carbocycles. The Morgan fingerprint density at radius 1 is 0.364 bits per heavy atom. The number of unbranched alkanes of at least 4 members (excludes halogenated alkanes) is 28. The fourth-order valence-electron chi connectivity index (χ4n) is 14.4. The first kappa shape index (κ1) is 94.5. The van der Waals surface area contributed by atoms with E-state index in [0.29, 0.717) is 12.8 Å². The van der Waals surface area contributed by atoms with Gasteiger partial charge >= 0.3 is 0 Å². The number of carbonyl (C=O) groups is 3. The number of amides is 3. The molecule has 5 fully saturated rings. The van der Waals surface area contributed by atoms with Crippen molar-refractivity contribution < 1.29 is 138 Å². The van der Waals surface area contributed by atoms with Gasteiger partial charge in [0.2, 0.25) is 17.7 Å². The molecule has 5 aliphatic heterocycles. The summed E-state index contributed by atoms with van der Waals surface area (Å²) in [5, 5.41) is 174. The van der Waals surface area contributed by atoms with E-state index < -0.39 is 217 Å². The molecule has 5 heterocycles. The van der Waals surface area contributed by atoms with Crippen LogP contribution in [-0.4, -0.2) is 300 Å². The summed E-state index contributed by atoms with van der Waals surface area (Å²) < 4.78 is 59.2. The second-order valence-corrected chi connectivity index (χ2v) is 29.6. The first-order chi connectivity index (χ1) is 51.6. The normalized spacial score (nSPS) is 34.1. The molecule has 0 radical (unpaired) electrons. The Morgan fingerprint density at radius 2 is 0.710 bits per heavy atom. The Morgan fingerprint density at radius 3 is 1.18 bits per heavy atom. The molecule has 3 amide bonds. The van der Waals surface area contributed by atoms with Crippen LogP contribution in [0.1, 0.15) is 233 Å². The smallest absolute Gasteiger partial charge is 0.220 e. The molecule has 0 spiro atoms. The van der Waals surface area contributed by atoms with Crippen LogP contribution < -0.4 is 16.0 Å². The van der Waals surface area contributed by atoms with Gasteiger partial charge in [0.1, 0.15) is 122 Å². The molecule has 5 rings (SSSR count). The van der Waals surface area contributed by atoms with Gasteiger partial charge in [-0.3, -0.25) is 14.4 Å². The van der Waals surface area contributed by atoms with Crippen molar-refractivity contribution in [3.8, 4) is 0 Å². The van der Waals surface area contributed by atoms with Crippen molar-refractivity contribution in [1.82, 2.24) is 16.0 Å². The van der Waals surface area contributed by atoms with Crippen LogP contribution in [0.4, 0.5) is 0 Å². The molecule has 18 N–H and O–H groups in total. The largest absolute Gasteiger partial charge is 0.394 e. The van der Waals surface area contributed by atoms with Gasteiger partial charge in [0.15, 0.2) is 31.5 Å². The van der Waals surface area contributed by atoms with Crippen molar-refractivity contribution >= 4 is 17.7 Å². The Hall–Kier alpha value is -3.11. The molecule has 27 atom stereocenters. The van der Waals surface area contributed by atoms with E-state index in [-0.39, 0.29) is 12.3 Å². The van der Waals surface area contributed by atoms with Crippen LogP contribution in [0.25, 0.3) is 0 Å². The molecule has 0 aromatic heterocycles. The minimum atomic E-state index is -2.17. The maximum atomic E-state index is 13.5. The summed E-state index contributed by atoms with van der Waals surface area (Å²) in [5.74, 6) is -1.90. The summed E-state index contributed by atoms with van der Waals surface area (Å²) in [5.41, 5.74) is 0. The van der Waals surface area contributed by atoms with Gasteiger partial charge in [0.05, 0.1) is 51.8 Å². The van der Waals surface area contributed by atoms with Crippen LogP contribution >= 0.6 is 0 Å². The lowest BCUT2D eigenvalue weighted by atomic mass is 9.94. The Labute approximate surface area is 632 Å². The molecular formula is C76H137N3O28. The highest BCUT2D eigenvalue weighted by molar-refractivity contribution is 5.76. The molecule has 10 unspecified atom stereocenters. The zero-order chi connectivity index (χ0) is 78.2. The van der Waals surface area contributed by atoms with Crippen molar-refractivity contribution in [3.63, 3.8) is 0 Å². The number of ether oxygens (including phenoxy) is 10. The first-order valence-corrected chi connectivity index (χ1v) is 40.1. The van der Waals surface area contributed by atoms with E-state index in [1.54, 1.807) is 6.08 Å². The van der Waals surface area contributed by atoms with Crippen LogP contribution in [0.2, 0.25) is 0 Å². The zero-order valence-electron chi connectivity index (χ0n) is 63.8. The number of hydrogen-bond acceptors (Lipinski definition) is 28. The monoisotopic (exact) mass is 1540 g/mol. The van der Waals surface area contributed by atoms with E-state index in [0.717, 1.165) is 71.6 Å². The second-order valence-electron chi connectivity index (χ2n) is 29.6. The van der Waals surface area contributed by atoms with Crippen molar-refractivity contribution in [2.75, 3.05) is 39.6 Å². The van der Waals surface area contributed by atoms with E-state index in [9.17, 15) is 91.0 Å². The van der Waals surface area contributed by atoms with Gasteiger partial charge in [0, 0.05) is 20.3 Å². The SMILES string of the molecule is CCCCCCCC/C=C\CCCCCCCCCCCCCC(=O)N[C@@H](CO[C@@H]1OC(CO)[C@@H](O[C@@H]2OC(CO)[C@H](O[C@@H]3OC(CO)[C@H](O)[C@H](O[C@@H]4OC(CO)[C@H](O)[C@H](O[C@@H]5OC(CO)[C@H](O)[C@H](O)C5NC(C)=O)C4O)C3NC(C)=O)[C@H](O)C2O)[C@H](O)C1O)[C@H](O)/C=C/CCCCCCCCCCCCC. The maximum absolute atomic E-state index is 13.5. The lowest BCUT2D eigenvalue weighted by molar-refractivity contribution is -0.383. The van der Waals surface area contributed by atoms with Crippen molar-refractivity contribution in [2.45, 2.75) is 399 Å². The summed E-state index contributed by atoms with van der Waals surface area (Å²) in [6, 6.07) is -4.38. The summed E-state index contributed by atoms with van der Waals surface area (Å²) in [7, 11) is 0. The van der Waals surface area contributed by atoms with Crippen molar-refractivity contribution in [3.05, 3.63) is 24.3 Å². The molecular weight excluding hydrogens is 1400 g/mol. The summed E-state index contributed by atoms with van der Waals surface area (Å²) >= 11 is 0. The van der Waals surface area contributed by atoms with Gasteiger partial charge in [0.25, 0.3) is 0 Å². The lowest BCUT2D eigenvalue weighted by Gasteiger charge is -2.50. The van der Waals surface area contributed by atoms with E-state index in [1.807, 2.05) is 6.08 Å². The number of allylic oxidation sites excluding steroid dienone is 3. The number of hydrogen-bond donors (Lipinski definition) is 18. The summed E-state index contributed by atoms with van der Waals surface area (Å²) in [6.45, 7) is 1.39. The molecule has 0 saturated carbocycles. The van der Waals surface area contributed by atoms with Crippen molar-refractivity contribution in [1.29, 1.82) is 0 Å². The number of carbonyl (C=O) groups excluding carboxylic acids is 3. The number of rotatable bonds is 54. The minimum absolute atomic E-state index is 0.190. The third-order valence-electron chi connectivity index (χ3n) is 20.8. The molecule has 0 aromatic rings. The zero-order valence-corrected chi connectivity index (χ0v) is 63.8. The van der Waals surface area contributed by atoms with E-state index in [4.69, 9.17) is 47.4 Å². The first-order valence-electron chi connectivity index (χ1n) is 40.1. The standard InChI is InChI=1S/C76H137N3O28/c1-5-7-9-11-13-15-17-19-20-21-22-23-24-25-26-28-30-32-34-36-38-40-56(88)79-49(50(87)39-37-35-33-31-29-27-18-16-14-12-10-8-6-2)46-98-74-65(95)63(93)69(54(44-83)102-74)105-75-66(96)64(94)68(55(45-84)103-75)104-73-58(78-48(4)86)70(60(90)52(42-81)100-73)106-76-67(97)71(61(91)53(43-82)101-76)107-72-57(77-47(3)85)62(92)59(89)51(41-80)99-72/h19-20,37,39,49-55,57-76,80-84,87,89-97H,5-18,21-36,38,40-46H2,1-4H3,(H,77,85)(H,78,86)(H,79,88)/b20-19-,39-37+/t49-,50+,51?,52?,53?,54?,55?,57?,58?,59-,60-,61-,62+,63+,64+,65?,66?,67?,68-,69+,70+,71-,72-,73-,74+,75-,76-/m0/s1. The maximum Gasteiger partial charge on any atom is 0.220 e. The van der Waals surface area contributed by atoms with Gasteiger partial charge in [-0.05, 0) is 44.9 Å². The van der Waals surface area contributed by atoms with Gasteiger partial charge < -0.3 is 140 Å². The fourth-order valence-corrected chi connectivity index (χ4v) is 14.4. The van der Waals surface area contributed by atoms with E-state index >= 15 is 0 Å². The number of nitrogens with one attached hydrogen (secondary N) is 3.